The Labute approximate surface area is 190 Å². The lowest BCUT2D eigenvalue weighted by Gasteiger charge is -2.12. The largest absolute Gasteiger partial charge is 0.281 e. The van der Waals surface area contributed by atoms with E-state index in [2.05, 4.69) is 15.6 Å². The van der Waals surface area contributed by atoms with Crippen LogP contribution in [-0.2, 0) is 10.0 Å². The number of nitrogens with one attached hydrogen (secondary N) is 3. The Kier molecular flexibility index (Phi) is 5.96. The normalized spacial score (nSPS) is 11.3. The number of thiophene rings is 2. The maximum Gasteiger partial charge on any atom is 0.281 e. The molecule has 2 heterocycles. The number of carbonyl (C=O) groups is 2. The number of amides is 2. The van der Waals surface area contributed by atoms with E-state index in [-0.39, 0.29) is 20.3 Å². The van der Waals surface area contributed by atoms with E-state index in [0.717, 1.165) is 21.4 Å². The molecule has 0 spiro atoms. The quantitative estimate of drug-likeness (QED) is 0.358. The van der Waals surface area contributed by atoms with Gasteiger partial charge in [0.1, 0.15) is 9.09 Å². The molecule has 4 aromatic rings. The van der Waals surface area contributed by atoms with E-state index >= 15 is 0 Å². The second-order valence-corrected chi connectivity index (χ2v) is 10.5. The summed E-state index contributed by atoms with van der Waals surface area (Å²) in [4.78, 5) is 25.4. The van der Waals surface area contributed by atoms with Crippen molar-refractivity contribution in [2.75, 3.05) is 4.72 Å². The predicted octanol–water partition coefficient (Wildman–Crippen LogP) is 4.49. The Bertz CT molecular complexity index is 1380. The van der Waals surface area contributed by atoms with E-state index in [4.69, 9.17) is 11.6 Å². The number of carbonyl (C=O) groups excluding carboxylic acids is 2. The van der Waals surface area contributed by atoms with Crippen LogP contribution in [0.25, 0.3) is 10.1 Å². The average Bonchev–Trinajstić information content (AvgIpc) is 3.41. The number of hydrazine groups is 1. The van der Waals surface area contributed by atoms with Crippen LogP contribution in [0.3, 0.4) is 0 Å². The van der Waals surface area contributed by atoms with Crippen molar-refractivity contribution in [1.29, 1.82) is 0 Å². The number of fused-ring (bicyclic) bond motifs is 1. The molecule has 2 amide bonds. The van der Waals surface area contributed by atoms with Gasteiger partial charge in [0.05, 0.1) is 16.3 Å². The Morgan fingerprint density at radius 2 is 1.58 bits per heavy atom. The van der Waals surface area contributed by atoms with Crippen LogP contribution >= 0.6 is 34.3 Å². The van der Waals surface area contributed by atoms with Crippen molar-refractivity contribution >= 4 is 71.9 Å². The van der Waals surface area contributed by atoms with Gasteiger partial charge in [-0.2, -0.15) is 0 Å². The molecule has 158 valence electrons. The first-order chi connectivity index (χ1) is 14.9. The smallest absolute Gasteiger partial charge is 0.278 e. The summed E-state index contributed by atoms with van der Waals surface area (Å²) in [6.07, 6.45) is 0. The van der Waals surface area contributed by atoms with Crippen molar-refractivity contribution in [1.82, 2.24) is 10.9 Å². The lowest BCUT2D eigenvalue weighted by Crippen LogP contribution is -2.41. The first-order valence-corrected chi connectivity index (χ1v) is 12.4. The van der Waals surface area contributed by atoms with Gasteiger partial charge in [-0.3, -0.25) is 25.2 Å². The summed E-state index contributed by atoms with van der Waals surface area (Å²) in [5, 5.41) is 2.69. The summed E-state index contributed by atoms with van der Waals surface area (Å²) in [5.74, 6) is -1.26. The van der Waals surface area contributed by atoms with E-state index in [0.29, 0.717) is 5.02 Å². The van der Waals surface area contributed by atoms with Gasteiger partial charge < -0.3 is 0 Å². The van der Waals surface area contributed by atoms with Crippen molar-refractivity contribution in [3.05, 3.63) is 81.5 Å². The molecule has 2 aromatic carbocycles. The highest BCUT2D eigenvalue weighted by molar-refractivity contribution is 7.94. The monoisotopic (exact) mass is 491 g/mol. The number of hydrogen-bond acceptors (Lipinski definition) is 6. The van der Waals surface area contributed by atoms with Crippen LogP contribution in [0.1, 0.15) is 20.0 Å². The Hall–Kier alpha value is -2.92. The summed E-state index contributed by atoms with van der Waals surface area (Å²) in [7, 11) is -3.84. The number of sulfonamides is 1. The van der Waals surface area contributed by atoms with E-state index in [1.165, 1.54) is 29.5 Å². The molecule has 0 radical (unpaired) electrons. The van der Waals surface area contributed by atoms with Crippen LogP contribution in [0, 0.1) is 0 Å². The Morgan fingerprint density at radius 1 is 0.871 bits per heavy atom. The molecular formula is C20H14ClN3O4S3. The zero-order valence-electron chi connectivity index (χ0n) is 15.6. The number of rotatable bonds is 5. The fourth-order valence-corrected chi connectivity index (χ4v) is 6.26. The number of halogens is 1. The van der Waals surface area contributed by atoms with Crippen LogP contribution in [0.5, 0.6) is 0 Å². The highest BCUT2D eigenvalue weighted by atomic mass is 35.5. The SMILES string of the molecule is O=C(NNC(=O)c1sc2ccccc2c1Cl)c1ccccc1NS(=O)(=O)c1cccs1. The van der Waals surface area contributed by atoms with Crippen LogP contribution in [0.4, 0.5) is 5.69 Å². The van der Waals surface area contributed by atoms with Crippen molar-refractivity contribution in [2.45, 2.75) is 4.21 Å². The third-order valence-corrected chi connectivity index (χ3v) is 8.64. The fourth-order valence-electron chi connectivity index (χ4n) is 2.78. The molecule has 0 saturated heterocycles. The highest BCUT2D eigenvalue weighted by Gasteiger charge is 2.21. The van der Waals surface area contributed by atoms with Gasteiger partial charge in [-0.25, -0.2) is 8.42 Å². The van der Waals surface area contributed by atoms with Gasteiger partial charge in [0, 0.05) is 10.1 Å². The average molecular weight is 492 g/mol. The van der Waals surface area contributed by atoms with Gasteiger partial charge in [-0.05, 0) is 29.6 Å². The number of benzene rings is 2. The topological polar surface area (TPSA) is 104 Å². The van der Waals surface area contributed by atoms with Gasteiger partial charge in [0.2, 0.25) is 0 Å². The van der Waals surface area contributed by atoms with Crippen molar-refractivity contribution < 1.29 is 18.0 Å². The zero-order valence-corrected chi connectivity index (χ0v) is 18.8. The molecule has 0 aliphatic carbocycles. The van der Waals surface area contributed by atoms with Crippen molar-refractivity contribution in [3.63, 3.8) is 0 Å². The van der Waals surface area contributed by atoms with Gasteiger partial charge in [-0.15, -0.1) is 22.7 Å². The standard InChI is InChI=1S/C20H14ClN3O4S3/c21-17-13-7-2-4-9-15(13)30-18(17)20(26)23-22-19(25)12-6-1-3-8-14(12)24-31(27,28)16-10-5-11-29-16/h1-11,24H,(H,22,25)(H,23,26). The first-order valence-electron chi connectivity index (χ1n) is 8.80. The summed E-state index contributed by atoms with van der Waals surface area (Å²) in [6, 6.07) is 16.5. The van der Waals surface area contributed by atoms with E-state index in [1.54, 1.807) is 29.6 Å². The minimum atomic E-state index is -3.84. The molecular weight excluding hydrogens is 478 g/mol. The van der Waals surface area contributed by atoms with Crippen LogP contribution in [-0.4, -0.2) is 20.2 Å². The van der Waals surface area contributed by atoms with Gasteiger partial charge >= 0.3 is 0 Å². The highest BCUT2D eigenvalue weighted by Crippen LogP contribution is 2.34. The summed E-state index contributed by atoms with van der Waals surface area (Å²) in [6.45, 7) is 0. The van der Waals surface area contributed by atoms with E-state index < -0.39 is 21.8 Å². The molecule has 0 bridgehead atoms. The zero-order chi connectivity index (χ0) is 22.0. The van der Waals surface area contributed by atoms with Gasteiger partial charge in [0.25, 0.3) is 21.8 Å². The molecule has 0 aliphatic rings. The maximum atomic E-state index is 12.6. The predicted molar refractivity (Wildman–Crippen MR) is 123 cm³/mol. The fraction of sp³-hybridized carbons (Fsp3) is 0. The Morgan fingerprint density at radius 3 is 2.32 bits per heavy atom. The molecule has 0 aliphatic heterocycles. The third kappa shape index (κ3) is 4.42. The number of anilines is 1. The first kappa shape index (κ1) is 21.3. The summed E-state index contributed by atoms with van der Waals surface area (Å²) >= 11 is 8.55. The minimum absolute atomic E-state index is 0.0466. The molecule has 0 fully saturated rings. The molecule has 3 N–H and O–H groups in total. The van der Waals surface area contributed by atoms with Crippen LogP contribution in [0.15, 0.2) is 70.3 Å². The molecule has 4 rings (SSSR count). The Balaban J connectivity index is 1.50. The minimum Gasteiger partial charge on any atom is -0.278 e. The number of hydrogen-bond donors (Lipinski definition) is 3. The lowest BCUT2D eigenvalue weighted by molar-refractivity contribution is 0.0849. The van der Waals surface area contributed by atoms with Gasteiger partial charge in [0.15, 0.2) is 0 Å². The third-order valence-electron chi connectivity index (χ3n) is 4.21. The van der Waals surface area contributed by atoms with Crippen LogP contribution < -0.4 is 15.6 Å². The molecule has 31 heavy (non-hydrogen) atoms. The van der Waals surface area contributed by atoms with Gasteiger partial charge in [-0.1, -0.05) is 48.0 Å². The molecule has 0 saturated carbocycles. The molecule has 0 unspecified atom stereocenters. The van der Waals surface area contributed by atoms with Crippen LogP contribution in [0.2, 0.25) is 5.02 Å². The molecule has 2 aromatic heterocycles. The van der Waals surface area contributed by atoms with Crippen molar-refractivity contribution in [3.8, 4) is 0 Å². The summed E-state index contributed by atoms with van der Waals surface area (Å²) in [5.41, 5.74) is 4.77. The molecule has 0 atom stereocenters. The summed E-state index contributed by atoms with van der Waals surface area (Å²) < 4.78 is 28.4. The lowest BCUT2D eigenvalue weighted by atomic mass is 10.2. The van der Waals surface area contributed by atoms with E-state index in [9.17, 15) is 18.0 Å². The molecule has 7 nitrogen and oxygen atoms in total. The second kappa shape index (κ2) is 8.67. The number of para-hydroxylation sites is 1. The second-order valence-electron chi connectivity index (χ2n) is 6.23. The van der Waals surface area contributed by atoms with Crippen molar-refractivity contribution in [2.24, 2.45) is 0 Å². The maximum absolute atomic E-state index is 12.6. The van der Waals surface area contributed by atoms with E-state index in [1.807, 2.05) is 18.2 Å². The molecule has 11 heteroatoms.